The minimum Gasteiger partial charge on any atom is -0.465 e. The molecule has 0 unspecified atom stereocenters. The number of rotatable bonds is 5. The molecule has 1 aliphatic heterocycles. The zero-order valence-corrected chi connectivity index (χ0v) is 17.6. The molecule has 154 valence electrons. The van der Waals surface area contributed by atoms with Crippen molar-refractivity contribution in [2.45, 2.75) is 24.7 Å². The SMILES string of the molecule is COC(=O)c1ccc(Cl)c(NC(=O)c2cc(S(=O)(=O)N3CCCC3)ccc2C)c1. The van der Waals surface area contributed by atoms with Crippen LogP contribution in [0.15, 0.2) is 41.3 Å². The van der Waals surface area contributed by atoms with E-state index in [9.17, 15) is 18.0 Å². The Morgan fingerprint density at radius 2 is 1.79 bits per heavy atom. The molecule has 1 saturated heterocycles. The summed E-state index contributed by atoms with van der Waals surface area (Å²) in [4.78, 5) is 24.6. The monoisotopic (exact) mass is 436 g/mol. The van der Waals surface area contributed by atoms with Gasteiger partial charge < -0.3 is 10.1 Å². The summed E-state index contributed by atoms with van der Waals surface area (Å²) in [6.07, 6.45) is 1.65. The van der Waals surface area contributed by atoms with Crippen LogP contribution in [0.3, 0.4) is 0 Å². The van der Waals surface area contributed by atoms with Crippen LogP contribution in [0, 0.1) is 6.92 Å². The summed E-state index contributed by atoms with van der Waals surface area (Å²) in [5.74, 6) is -1.09. The number of hydrogen-bond acceptors (Lipinski definition) is 5. The number of halogens is 1. The lowest BCUT2D eigenvalue weighted by Gasteiger charge is -2.17. The van der Waals surface area contributed by atoms with Gasteiger partial charge in [-0.05, 0) is 55.7 Å². The fourth-order valence-electron chi connectivity index (χ4n) is 3.14. The number of anilines is 1. The van der Waals surface area contributed by atoms with Crippen molar-refractivity contribution >= 4 is 39.2 Å². The highest BCUT2D eigenvalue weighted by Gasteiger charge is 2.28. The molecule has 0 radical (unpaired) electrons. The van der Waals surface area contributed by atoms with E-state index in [1.807, 2.05) is 0 Å². The topological polar surface area (TPSA) is 92.8 Å². The zero-order chi connectivity index (χ0) is 21.2. The molecule has 0 aliphatic carbocycles. The Hall–Kier alpha value is -2.42. The Balaban J connectivity index is 1.91. The lowest BCUT2D eigenvalue weighted by atomic mass is 10.1. The summed E-state index contributed by atoms with van der Waals surface area (Å²) in [5.41, 5.74) is 1.29. The molecule has 1 aliphatic rings. The molecule has 1 heterocycles. The Bertz CT molecular complexity index is 1060. The van der Waals surface area contributed by atoms with Crippen molar-refractivity contribution in [3.63, 3.8) is 0 Å². The van der Waals surface area contributed by atoms with E-state index in [4.69, 9.17) is 11.6 Å². The predicted octanol–water partition coefficient (Wildman–Crippen LogP) is 3.47. The highest BCUT2D eigenvalue weighted by atomic mass is 35.5. The largest absolute Gasteiger partial charge is 0.465 e. The number of aryl methyl sites for hydroxylation is 1. The van der Waals surface area contributed by atoms with Crippen LogP contribution >= 0.6 is 11.6 Å². The highest BCUT2D eigenvalue weighted by molar-refractivity contribution is 7.89. The van der Waals surface area contributed by atoms with Gasteiger partial charge in [-0.2, -0.15) is 4.31 Å². The van der Waals surface area contributed by atoms with Crippen molar-refractivity contribution in [1.82, 2.24) is 4.31 Å². The van der Waals surface area contributed by atoms with Crippen molar-refractivity contribution in [2.24, 2.45) is 0 Å². The molecule has 29 heavy (non-hydrogen) atoms. The average molecular weight is 437 g/mol. The van der Waals surface area contributed by atoms with Crippen molar-refractivity contribution in [2.75, 3.05) is 25.5 Å². The van der Waals surface area contributed by atoms with Crippen LogP contribution in [-0.2, 0) is 14.8 Å². The van der Waals surface area contributed by atoms with Gasteiger partial charge in [0.2, 0.25) is 10.0 Å². The quantitative estimate of drug-likeness (QED) is 0.724. The van der Waals surface area contributed by atoms with Gasteiger partial charge in [-0.1, -0.05) is 17.7 Å². The fraction of sp³-hybridized carbons (Fsp3) is 0.300. The number of carbonyl (C=O) groups excluding carboxylic acids is 2. The van der Waals surface area contributed by atoms with E-state index in [0.717, 1.165) is 12.8 Å². The molecule has 0 saturated carbocycles. The normalized spacial score (nSPS) is 14.6. The third-order valence-corrected chi connectivity index (χ3v) is 7.02. The molecule has 0 bridgehead atoms. The maximum atomic E-state index is 12.8. The lowest BCUT2D eigenvalue weighted by Crippen LogP contribution is -2.28. The second-order valence-electron chi connectivity index (χ2n) is 6.73. The number of esters is 1. The number of hydrogen-bond donors (Lipinski definition) is 1. The van der Waals surface area contributed by atoms with Crippen LogP contribution < -0.4 is 5.32 Å². The minimum atomic E-state index is -3.65. The molecule has 2 aromatic rings. The van der Waals surface area contributed by atoms with Gasteiger partial charge in [0.25, 0.3) is 5.91 Å². The number of ether oxygens (including phenoxy) is 1. The summed E-state index contributed by atoms with van der Waals surface area (Å²) >= 11 is 6.14. The van der Waals surface area contributed by atoms with E-state index in [0.29, 0.717) is 18.7 Å². The molecular weight excluding hydrogens is 416 g/mol. The second kappa shape index (κ2) is 8.52. The van der Waals surface area contributed by atoms with E-state index in [1.165, 1.54) is 41.7 Å². The molecule has 1 fully saturated rings. The molecule has 1 N–H and O–H groups in total. The van der Waals surface area contributed by atoms with Crippen molar-refractivity contribution < 1.29 is 22.7 Å². The Labute approximate surface area is 174 Å². The van der Waals surface area contributed by atoms with Gasteiger partial charge in [-0.3, -0.25) is 4.79 Å². The summed E-state index contributed by atoms with van der Waals surface area (Å²) in [7, 11) is -2.39. The summed E-state index contributed by atoms with van der Waals surface area (Å²) in [6.45, 7) is 2.68. The fourth-order valence-corrected chi connectivity index (χ4v) is 4.85. The number of amides is 1. The van der Waals surface area contributed by atoms with E-state index < -0.39 is 21.9 Å². The predicted molar refractivity (Wildman–Crippen MR) is 110 cm³/mol. The number of sulfonamides is 1. The molecule has 0 atom stereocenters. The van der Waals surface area contributed by atoms with Crippen molar-refractivity contribution in [3.05, 3.63) is 58.1 Å². The van der Waals surface area contributed by atoms with Gasteiger partial charge in [0.05, 0.1) is 28.3 Å². The van der Waals surface area contributed by atoms with Crippen LogP contribution in [0.5, 0.6) is 0 Å². The number of benzene rings is 2. The number of nitrogens with one attached hydrogen (secondary N) is 1. The van der Waals surface area contributed by atoms with Crippen LogP contribution in [-0.4, -0.2) is 44.8 Å². The molecule has 9 heteroatoms. The van der Waals surface area contributed by atoms with E-state index in [-0.39, 0.29) is 26.7 Å². The van der Waals surface area contributed by atoms with Crippen LogP contribution in [0.25, 0.3) is 0 Å². The summed E-state index contributed by atoms with van der Waals surface area (Å²) in [5, 5.41) is 2.89. The van der Waals surface area contributed by atoms with E-state index >= 15 is 0 Å². The first-order valence-electron chi connectivity index (χ1n) is 9.04. The maximum Gasteiger partial charge on any atom is 0.337 e. The first-order valence-corrected chi connectivity index (χ1v) is 10.9. The smallest absolute Gasteiger partial charge is 0.337 e. The molecule has 1 amide bonds. The highest BCUT2D eigenvalue weighted by Crippen LogP contribution is 2.26. The molecule has 7 nitrogen and oxygen atoms in total. The summed E-state index contributed by atoms with van der Waals surface area (Å²) in [6, 6.07) is 8.85. The first kappa shape index (κ1) is 21.3. The van der Waals surface area contributed by atoms with Gasteiger partial charge in [-0.15, -0.1) is 0 Å². The first-order chi connectivity index (χ1) is 13.7. The zero-order valence-electron chi connectivity index (χ0n) is 16.1. The Morgan fingerprint density at radius 1 is 1.10 bits per heavy atom. The number of carbonyl (C=O) groups is 2. The maximum absolute atomic E-state index is 12.8. The number of nitrogens with zero attached hydrogens (tertiary/aromatic N) is 1. The molecule has 2 aromatic carbocycles. The molecule has 0 aromatic heterocycles. The molecular formula is C20H21ClN2O5S. The van der Waals surface area contributed by atoms with Gasteiger partial charge in [0.15, 0.2) is 0 Å². The standard InChI is InChI=1S/C20H21ClN2O5S/c1-13-5-7-15(29(26,27)23-9-3-4-10-23)12-16(13)19(24)22-18-11-14(20(25)28-2)6-8-17(18)21/h5-8,11-12H,3-4,9-10H2,1-2H3,(H,22,24). The van der Waals surface area contributed by atoms with Crippen molar-refractivity contribution in [1.29, 1.82) is 0 Å². The second-order valence-corrected chi connectivity index (χ2v) is 9.07. The minimum absolute atomic E-state index is 0.0737. The van der Waals surface area contributed by atoms with Crippen LogP contribution in [0.1, 0.15) is 39.1 Å². The third kappa shape index (κ3) is 4.44. The Kier molecular flexibility index (Phi) is 6.26. The third-order valence-electron chi connectivity index (χ3n) is 4.79. The summed E-state index contributed by atoms with van der Waals surface area (Å²) < 4.78 is 31.7. The lowest BCUT2D eigenvalue weighted by molar-refractivity contribution is 0.0600. The molecule has 3 rings (SSSR count). The van der Waals surface area contributed by atoms with Gasteiger partial charge in [0, 0.05) is 18.7 Å². The van der Waals surface area contributed by atoms with E-state index in [1.54, 1.807) is 13.0 Å². The van der Waals surface area contributed by atoms with Gasteiger partial charge in [-0.25, -0.2) is 13.2 Å². The van der Waals surface area contributed by atoms with Crippen molar-refractivity contribution in [3.8, 4) is 0 Å². The van der Waals surface area contributed by atoms with Crippen LogP contribution in [0.4, 0.5) is 5.69 Å². The van der Waals surface area contributed by atoms with E-state index in [2.05, 4.69) is 10.1 Å². The van der Waals surface area contributed by atoms with Crippen LogP contribution in [0.2, 0.25) is 5.02 Å². The average Bonchev–Trinajstić information content (AvgIpc) is 3.25. The van der Waals surface area contributed by atoms with Gasteiger partial charge >= 0.3 is 5.97 Å². The Morgan fingerprint density at radius 3 is 2.45 bits per heavy atom. The van der Waals surface area contributed by atoms with Gasteiger partial charge in [0.1, 0.15) is 0 Å². The molecule has 0 spiro atoms. The number of methoxy groups -OCH3 is 1.